The third-order valence-electron chi connectivity index (χ3n) is 5.79. The monoisotopic (exact) mass is 475 g/mol. The van der Waals surface area contributed by atoms with Crippen LogP contribution in [-0.4, -0.2) is 80.2 Å². The van der Waals surface area contributed by atoms with Gasteiger partial charge in [-0.3, -0.25) is 9.79 Å². The zero-order valence-corrected chi connectivity index (χ0v) is 20.8. The number of H-pyrrole nitrogens is 1. The number of aromatic nitrogens is 2. The Labute approximate surface area is 195 Å². The highest BCUT2D eigenvalue weighted by atomic mass is 32.2. The molecule has 3 rings (SSSR count). The molecule has 180 valence electrons. The van der Waals surface area contributed by atoms with Crippen LogP contribution in [0.3, 0.4) is 0 Å². The van der Waals surface area contributed by atoms with Crippen molar-refractivity contribution in [3.8, 4) is 17.1 Å². The predicted octanol–water partition coefficient (Wildman–Crippen LogP) is 2.30. The molecule has 1 aliphatic rings. The average Bonchev–Trinajstić information content (AvgIpc) is 2.80. The third kappa shape index (κ3) is 5.34. The molecule has 1 N–H and O–H groups in total. The molecule has 33 heavy (non-hydrogen) atoms. The molecule has 2 aromatic rings. The highest BCUT2D eigenvalue weighted by Gasteiger charge is 2.29. The predicted molar refractivity (Wildman–Crippen MR) is 130 cm³/mol. The molecule has 0 atom stereocenters. The van der Waals surface area contributed by atoms with Gasteiger partial charge in [-0.2, -0.15) is 4.31 Å². The number of nitrogens with zero attached hydrogens (tertiary/aromatic N) is 4. The summed E-state index contributed by atoms with van der Waals surface area (Å²) in [5, 5.41) is 0. The van der Waals surface area contributed by atoms with Gasteiger partial charge in [-0.1, -0.05) is 13.3 Å². The Kier molecular flexibility index (Phi) is 8.04. The summed E-state index contributed by atoms with van der Waals surface area (Å²) < 4.78 is 33.9. The summed E-state index contributed by atoms with van der Waals surface area (Å²) in [7, 11) is -0.0412. The molecule has 9 nitrogen and oxygen atoms in total. The van der Waals surface area contributed by atoms with Crippen molar-refractivity contribution in [1.82, 2.24) is 19.2 Å². The van der Waals surface area contributed by atoms with E-state index in [2.05, 4.69) is 14.9 Å². The highest BCUT2D eigenvalue weighted by molar-refractivity contribution is 7.89. The first kappa shape index (κ1) is 25.1. The maximum Gasteiger partial charge on any atom is 0.254 e. The van der Waals surface area contributed by atoms with E-state index in [-0.39, 0.29) is 16.3 Å². The van der Waals surface area contributed by atoms with Crippen molar-refractivity contribution in [2.45, 2.75) is 38.5 Å². The Balaban J connectivity index is 2.14. The Bertz CT molecular complexity index is 1180. The van der Waals surface area contributed by atoms with Crippen molar-refractivity contribution in [3.05, 3.63) is 39.8 Å². The molecule has 0 radical (unpaired) electrons. The van der Waals surface area contributed by atoms with E-state index in [9.17, 15) is 13.2 Å². The summed E-state index contributed by atoms with van der Waals surface area (Å²) in [5.41, 5.74) is 1.88. The molecule has 0 saturated carbocycles. The third-order valence-corrected chi connectivity index (χ3v) is 7.68. The summed E-state index contributed by atoms with van der Waals surface area (Å²) in [4.78, 5) is 26.8. The van der Waals surface area contributed by atoms with Crippen LogP contribution in [0, 0.1) is 6.92 Å². The van der Waals surface area contributed by atoms with Crippen molar-refractivity contribution in [1.29, 1.82) is 0 Å². The summed E-state index contributed by atoms with van der Waals surface area (Å²) in [6.07, 6.45) is 1.54. The summed E-state index contributed by atoms with van der Waals surface area (Å²) >= 11 is 0. The lowest BCUT2D eigenvalue weighted by Crippen LogP contribution is -2.47. The van der Waals surface area contributed by atoms with Crippen molar-refractivity contribution in [2.75, 3.05) is 46.9 Å². The number of piperazine rings is 1. The maximum atomic E-state index is 13.3. The summed E-state index contributed by atoms with van der Waals surface area (Å²) in [6, 6.07) is 4.71. The number of sulfonamides is 1. The van der Waals surface area contributed by atoms with Gasteiger partial charge in [0.25, 0.3) is 5.56 Å². The molecular weight excluding hydrogens is 442 g/mol. The van der Waals surface area contributed by atoms with Crippen LogP contribution in [0.5, 0.6) is 5.75 Å². The van der Waals surface area contributed by atoms with Crippen LogP contribution in [0.1, 0.15) is 37.9 Å². The lowest BCUT2D eigenvalue weighted by Gasteiger charge is -2.31. The average molecular weight is 476 g/mol. The van der Waals surface area contributed by atoms with Crippen LogP contribution >= 0.6 is 0 Å². The fourth-order valence-electron chi connectivity index (χ4n) is 3.83. The minimum Gasteiger partial charge on any atom is -0.493 e. The number of nitrogens with one attached hydrogen (secondary N) is 1. The Morgan fingerprint density at radius 1 is 1.21 bits per heavy atom. The van der Waals surface area contributed by atoms with Gasteiger partial charge in [0.1, 0.15) is 11.6 Å². The number of likely N-dealkylation sites (N-methyl/N-ethyl adjacent to an activating group) is 1. The normalized spacial score (nSPS) is 16.2. The van der Waals surface area contributed by atoms with Crippen LogP contribution < -0.4 is 10.3 Å². The number of benzene rings is 1. The molecule has 1 aliphatic heterocycles. The molecule has 1 fully saturated rings. The van der Waals surface area contributed by atoms with Crippen molar-refractivity contribution in [3.63, 3.8) is 0 Å². The van der Waals surface area contributed by atoms with E-state index in [0.717, 1.165) is 12.1 Å². The van der Waals surface area contributed by atoms with Crippen molar-refractivity contribution in [2.24, 2.45) is 4.99 Å². The number of aromatic amines is 1. The SMILES string of the molecule is CCCC(=NC)c1nc(-c2cc(S(=O)(=O)N3CCN(C)CC3)ccc2OCC)[nH]c(=O)c1C. The second kappa shape index (κ2) is 10.6. The largest absolute Gasteiger partial charge is 0.493 e. The zero-order valence-electron chi connectivity index (χ0n) is 20.0. The van der Waals surface area contributed by atoms with Crippen LogP contribution in [0.25, 0.3) is 11.4 Å². The molecule has 0 aliphatic carbocycles. The minimum atomic E-state index is -3.70. The second-order valence-corrected chi connectivity index (χ2v) is 10.0. The molecule has 0 amide bonds. The number of hydrogen-bond acceptors (Lipinski definition) is 7. The topological polar surface area (TPSA) is 108 Å². The molecule has 0 unspecified atom stereocenters. The first-order chi connectivity index (χ1) is 15.7. The minimum absolute atomic E-state index is 0.147. The number of aliphatic imine (C=N–C) groups is 1. The van der Waals surface area contributed by atoms with Gasteiger partial charge < -0.3 is 14.6 Å². The Hall–Kier alpha value is -2.56. The molecule has 0 spiro atoms. The van der Waals surface area contributed by atoms with Gasteiger partial charge in [0.05, 0.1) is 28.5 Å². The molecular formula is C23H33N5O4S. The lowest BCUT2D eigenvalue weighted by molar-refractivity contribution is 0.222. The van der Waals surface area contributed by atoms with Gasteiger partial charge in [-0.05, 0) is 45.5 Å². The Morgan fingerprint density at radius 2 is 1.91 bits per heavy atom. The summed E-state index contributed by atoms with van der Waals surface area (Å²) in [5.74, 6) is 0.718. The number of hydrogen-bond donors (Lipinski definition) is 1. The van der Waals surface area contributed by atoms with Gasteiger partial charge in [-0.25, -0.2) is 13.4 Å². The molecule has 10 heteroatoms. The quantitative estimate of drug-likeness (QED) is 0.587. The van der Waals surface area contributed by atoms with E-state index in [1.165, 1.54) is 4.31 Å². The molecule has 2 heterocycles. The molecule has 1 aromatic heterocycles. The van der Waals surface area contributed by atoms with Crippen LogP contribution in [0.15, 0.2) is 32.9 Å². The highest BCUT2D eigenvalue weighted by Crippen LogP contribution is 2.32. The fourth-order valence-corrected chi connectivity index (χ4v) is 5.28. The Morgan fingerprint density at radius 3 is 2.52 bits per heavy atom. The van der Waals surface area contributed by atoms with Gasteiger partial charge in [-0.15, -0.1) is 0 Å². The number of rotatable bonds is 8. The van der Waals surface area contributed by atoms with Gasteiger partial charge in [0.2, 0.25) is 10.0 Å². The second-order valence-electron chi connectivity index (χ2n) is 8.11. The van der Waals surface area contributed by atoms with Gasteiger partial charge in [0, 0.05) is 38.8 Å². The van der Waals surface area contributed by atoms with E-state index >= 15 is 0 Å². The van der Waals surface area contributed by atoms with E-state index in [1.54, 1.807) is 32.2 Å². The number of ether oxygens (including phenoxy) is 1. The van der Waals surface area contributed by atoms with E-state index in [4.69, 9.17) is 9.72 Å². The molecule has 1 aromatic carbocycles. The van der Waals surface area contributed by atoms with Gasteiger partial charge >= 0.3 is 0 Å². The lowest BCUT2D eigenvalue weighted by atomic mass is 10.1. The standard InChI is InChI=1S/C23H33N5O4S/c1-6-8-19(24-4)21-16(3)23(29)26-22(25-21)18-15-17(9-10-20(18)32-7-2)33(30,31)28-13-11-27(5)12-14-28/h9-10,15H,6-8,11-14H2,1-5H3,(H,25,26,29). The fraction of sp³-hybridized carbons (Fsp3) is 0.522. The first-order valence-electron chi connectivity index (χ1n) is 11.3. The van der Waals surface area contributed by atoms with E-state index in [1.807, 2.05) is 20.9 Å². The van der Waals surface area contributed by atoms with Crippen molar-refractivity contribution < 1.29 is 13.2 Å². The van der Waals surface area contributed by atoms with Crippen molar-refractivity contribution >= 4 is 15.7 Å². The van der Waals surface area contributed by atoms with E-state index < -0.39 is 10.0 Å². The van der Waals surface area contributed by atoms with Gasteiger partial charge in [0.15, 0.2) is 0 Å². The van der Waals surface area contributed by atoms with E-state index in [0.29, 0.717) is 61.8 Å². The zero-order chi connectivity index (χ0) is 24.2. The maximum absolute atomic E-state index is 13.3. The molecule has 1 saturated heterocycles. The smallest absolute Gasteiger partial charge is 0.254 e. The van der Waals surface area contributed by atoms with Crippen LogP contribution in [-0.2, 0) is 10.0 Å². The van der Waals surface area contributed by atoms with Crippen LogP contribution in [0.4, 0.5) is 0 Å². The molecule has 0 bridgehead atoms. The first-order valence-corrected chi connectivity index (χ1v) is 12.7. The van der Waals surface area contributed by atoms with Crippen LogP contribution in [0.2, 0.25) is 0 Å². The summed E-state index contributed by atoms with van der Waals surface area (Å²) in [6.45, 7) is 8.19.